The van der Waals surface area contributed by atoms with Crippen LogP contribution in [0.2, 0.25) is 5.02 Å². The SMILES string of the molecule is C=CC(=O)N1CC2(C[C@H](C)N(C(=O)[C@@H]3COC(C)(C)C[C@H]3c3ccc(F)cc3Cl)CC2(F)F)C1. The molecule has 4 rings (SSSR count). The van der Waals surface area contributed by atoms with Gasteiger partial charge in [-0.25, -0.2) is 13.2 Å². The standard InChI is InChI=1S/C25H30ClF3N2O3/c1-5-21(32)30-12-24(13-30)9-15(2)31(14-25(24,28)29)22(33)19-11-34-23(3,4)10-18(19)17-7-6-16(27)8-20(17)26/h5-8,15,18-19H,1,9-14H2,2-4H3/t15-,18-,19+/m0/s1. The van der Waals surface area contributed by atoms with E-state index in [1.165, 1.54) is 21.9 Å². The van der Waals surface area contributed by atoms with E-state index in [1.54, 1.807) is 13.0 Å². The predicted octanol–water partition coefficient (Wildman–Crippen LogP) is 4.65. The fraction of sp³-hybridized carbons (Fsp3) is 0.600. The molecular weight excluding hydrogens is 469 g/mol. The molecule has 0 aliphatic carbocycles. The van der Waals surface area contributed by atoms with Gasteiger partial charge in [-0.05, 0) is 57.4 Å². The maximum absolute atomic E-state index is 15.4. The summed E-state index contributed by atoms with van der Waals surface area (Å²) >= 11 is 6.34. The van der Waals surface area contributed by atoms with E-state index >= 15 is 8.78 Å². The molecule has 186 valence electrons. The van der Waals surface area contributed by atoms with Gasteiger partial charge in [0.05, 0.1) is 30.1 Å². The topological polar surface area (TPSA) is 49.9 Å². The molecular formula is C25H30ClF3N2O3. The molecule has 0 aromatic heterocycles. The molecule has 34 heavy (non-hydrogen) atoms. The van der Waals surface area contributed by atoms with Crippen LogP contribution in [0.3, 0.4) is 0 Å². The summed E-state index contributed by atoms with van der Waals surface area (Å²) in [4.78, 5) is 28.1. The highest BCUT2D eigenvalue weighted by molar-refractivity contribution is 6.31. The molecule has 3 atom stereocenters. The first kappa shape index (κ1) is 25.0. The van der Waals surface area contributed by atoms with Crippen LogP contribution in [-0.2, 0) is 14.3 Å². The van der Waals surface area contributed by atoms with E-state index in [9.17, 15) is 14.0 Å². The van der Waals surface area contributed by atoms with Gasteiger partial charge in [-0.2, -0.15) is 0 Å². The second-order valence-corrected chi connectivity index (χ2v) is 11.0. The molecule has 0 saturated carbocycles. The molecule has 1 aromatic rings. The van der Waals surface area contributed by atoms with Gasteiger partial charge in [0.2, 0.25) is 11.8 Å². The molecule has 2 amide bonds. The molecule has 0 radical (unpaired) electrons. The van der Waals surface area contributed by atoms with Crippen molar-refractivity contribution in [3.8, 4) is 0 Å². The Morgan fingerprint density at radius 1 is 1.21 bits per heavy atom. The lowest BCUT2D eigenvalue weighted by Crippen LogP contribution is -2.73. The monoisotopic (exact) mass is 498 g/mol. The summed E-state index contributed by atoms with van der Waals surface area (Å²) in [6, 6.07) is 3.62. The van der Waals surface area contributed by atoms with Crippen LogP contribution in [0.5, 0.6) is 0 Å². The first-order valence-electron chi connectivity index (χ1n) is 11.5. The minimum Gasteiger partial charge on any atom is -0.375 e. The fourth-order valence-corrected chi connectivity index (χ4v) is 6.04. The van der Waals surface area contributed by atoms with E-state index in [1.807, 2.05) is 13.8 Å². The Balaban J connectivity index is 1.57. The van der Waals surface area contributed by atoms with E-state index in [4.69, 9.17) is 16.3 Å². The molecule has 5 nitrogen and oxygen atoms in total. The van der Waals surface area contributed by atoms with Crippen molar-refractivity contribution in [1.29, 1.82) is 0 Å². The lowest BCUT2D eigenvalue weighted by molar-refractivity contribution is -0.233. The summed E-state index contributed by atoms with van der Waals surface area (Å²) in [6.07, 6.45) is 1.65. The predicted molar refractivity (Wildman–Crippen MR) is 122 cm³/mol. The van der Waals surface area contributed by atoms with Crippen molar-refractivity contribution in [2.75, 3.05) is 26.2 Å². The maximum atomic E-state index is 15.4. The Bertz CT molecular complexity index is 1010. The minimum atomic E-state index is -3.15. The largest absolute Gasteiger partial charge is 0.375 e. The third kappa shape index (κ3) is 4.24. The molecule has 1 aromatic carbocycles. The number of rotatable bonds is 3. The number of carbonyl (C=O) groups is 2. The van der Waals surface area contributed by atoms with Crippen LogP contribution in [-0.4, -0.2) is 65.4 Å². The number of carbonyl (C=O) groups excluding carboxylic acids is 2. The third-order valence-corrected chi connectivity index (χ3v) is 7.98. The Hall–Kier alpha value is -2.06. The molecule has 0 unspecified atom stereocenters. The molecule has 3 saturated heterocycles. The van der Waals surface area contributed by atoms with Gasteiger partial charge >= 0.3 is 0 Å². The Labute approximate surface area is 202 Å². The zero-order valence-electron chi connectivity index (χ0n) is 19.6. The van der Waals surface area contributed by atoms with Crippen LogP contribution in [0, 0.1) is 17.2 Å². The number of ether oxygens (including phenoxy) is 1. The van der Waals surface area contributed by atoms with Gasteiger partial charge < -0.3 is 14.5 Å². The van der Waals surface area contributed by atoms with Gasteiger partial charge in [0, 0.05) is 30.1 Å². The molecule has 3 aliphatic rings. The highest BCUT2D eigenvalue weighted by atomic mass is 35.5. The highest BCUT2D eigenvalue weighted by Gasteiger charge is 2.65. The summed E-state index contributed by atoms with van der Waals surface area (Å²) in [5.74, 6) is -5.53. The van der Waals surface area contributed by atoms with Crippen LogP contribution < -0.4 is 0 Å². The molecule has 0 bridgehead atoms. The van der Waals surface area contributed by atoms with Crippen molar-refractivity contribution in [3.05, 3.63) is 47.3 Å². The van der Waals surface area contributed by atoms with Crippen molar-refractivity contribution in [1.82, 2.24) is 9.80 Å². The summed E-state index contributed by atoms with van der Waals surface area (Å²) in [5, 5.41) is 0.206. The zero-order chi connectivity index (χ0) is 25.1. The van der Waals surface area contributed by atoms with Crippen LogP contribution >= 0.6 is 11.6 Å². The van der Waals surface area contributed by atoms with Gasteiger partial charge in [-0.3, -0.25) is 9.59 Å². The number of likely N-dealkylation sites (tertiary alicyclic amines) is 2. The van der Waals surface area contributed by atoms with Crippen LogP contribution in [0.4, 0.5) is 13.2 Å². The Morgan fingerprint density at radius 3 is 2.50 bits per heavy atom. The number of benzene rings is 1. The lowest BCUT2D eigenvalue weighted by Gasteiger charge is -2.59. The normalized spacial score (nSPS) is 29.4. The van der Waals surface area contributed by atoms with E-state index in [-0.39, 0.29) is 37.0 Å². The van der Waals surface area contributed by atoms with Crippen LogP contribution in [0.1, 0.15) is 45.1 Å². The summed E-state index contributed by atoms with van der Waals surface area (Å²) in [7, 11) is 0. The minimum absolute atomic E-state index is 0.0498. The number of hydrogen-bond donors (Lipinski definition) is 0. The van der Waals surface area contributed by atoms with E-state index < -0.39 is 53.1 Å². The second-order valence-electron chi connectivity index (χ2n) is 10.6. The number of alkyl halides is 2. The van der Waals surface area contributed by atoms with Crippen LogP contribution in [0.25, 0.3) is 0 Å². The first-order valence-corrected chi connectivity index (χ1v) is 11.9. The smallest absolute Gasteiger partial charge is 0.274 e. The Kier molecular flexibility index (Phi) is 6.30. The van der Waals surface area contributed by atoms with Gasteiger partial charge in [0.1, 0.15) is 5.82 Å². The van der Waals surface area contributed by atoms with E-state index in [2.05, 4.69) is 6.58 Å². The van der Waals surface area contributed by atoms with Gasteiger partial charge in [-0.1, -0.05) is 24.2 Å². The number of piperidine rings is 1. The van der Waals surface area contributed by atoms with Gasteiger partial charge in [0.25, 0.3) is 5.92 Å². The van der Waals surface area contributed by atoms with Crippen molar-refractivity contribution in [3.63, 3.8) is 0 Å². The quantitative estimate of drug-likeness (QED) is 0.570. The van der Waals surface area contributed by atoms with Crippen molar-refractivity contribution in [2.45, 2.75) is 57.1 Å². The maximum Gasteiger partial charge on any atom is 0.274 e. The van der Waals surface area contributed by atoms with E-state index in [0.29, 0.717) is 12.0 Å². The third-order valence-electron chi connectivity index (χ3n) is 7.65. The number of amides is 2. The van der Waals surface area contributed by atoms with Crippen LogP contribution in [0.15, 0.2) is 30.9 Å². The number of nitrogens with zero attached hydrogens (tertiary/aromatic N) is 2. The average molecular weight is 499 g/mol. The van der Waals surface area contributed by atoms with Crippen molar-refractivity contribution in [2.24, 2.45) is 11.3 Å². The number of halogens is 4. The highest BCUT2D eigenvalue weighted by Crippen LogP contribution is 2.52. The summed E-state index contributed by atoms with van der Waals surface area (Å²) in [6.45, 7) is 8.22. The van der Waals surface area contributed by atoms with Gasteiger partial charge in [-0.15, -0.1) is 0 Å². The summed E-state index contributed by atoms with van der Waals surface area (Å²) < 4.78 is 50.4. The molecule has 1 spiro atoms. The lowest BCUT2D eigenvalue weighted by atomic mass is 9.66. The van der Waals surface area contributed by atoms with Crippen molar-refractivity contribution >= 4 is 23.4 Å². The zero-order valence-corrected chi connectivity index (χ0v) is 20.4. The van der Waals surface area contributed by atoms with Gasteiger partial charge in [0.15, 0.2) is 0 Å². The summed E-state index contributed by atoms with van der Waals surface area (Å²) in [5.41, 5.74) is -1.27. The molecule has 0 N–H and O–H groups in total. The number of hydrogen-bond acceptors (Lipinski definition) is 3. The second kappa shape index (κ2) is 8.55. The Morgan fingerprint density at radius 2 is 1.88 bits per heavy atom. The average Bonchev–Trinajstić information content (AvgIpc) is 2.71. The molecule has 3 heterocycles. The molecule has 3 fully saturated rings. The first-order chi connectivity index (χ1) is 15.8. The molecule has 9 heteroatoms. The van der Waals surface area contributed by atoms with E-state index in [0.717, 1.165) is 6.08 Å². The molecule has 3 aliphatic heterocycles. The van der Waals surface area contributed by atoms with Crippen molar-refractivity contribution < 1.29 is 27.5 Å². The fourth-order valence-electron chi connectivity index (χ4n) is 5.73.